The summed E-state index contributed by atoms with van der Waals surface area (Å²) in [6.07, 6.45) is 4.49. The van der Waals surface area contributed by atoms with Crippen molar-refractivity contribution < 1.29 is 19.1 Å². The van der Waals surface area contributed by atoms with Crippen molar-refractivity contribution in [1.29, 1.82) is 0 Å². The maximum absolute atomic E-state index is 12.4. The minimum Gasteiger partial charge on any atom is -0.492 e. The van der Waals surface area contributed by atoms with Crippen molar-refractivity contribution in [3.63, 3.8) is 0 Å². The van der Waals surface area contributed by atoms with Crippen LogP contribution in [0.5, 0.6) is 11.5 Å². The third kappa shape index (κ3) is 9.23. The largest absolute Gasteiger partial charge is 0.492 e. The lowest BCUT2D eigenvalue weighted by molar-refractivity contribution is -0.123. The summed E-state index contributed by atoms with van der Waals surface area (Å²) >= 11 is 8.49. The Kier molecular flexibility index (Phi) is 11.0. The number of aryl methyl sites for hydroxylation is 1. The van der Waals surface area contributed by atoms with E-state index in [9.17, 15) is 9.59 Å². The number of halogens is 1. The minimum absolute atomic E-state index is 0.0359. The van der Waals surface area contributed by atoms with Crippen molar-refractivity contribution >= 4 is 45.1 Å². The molecule has 0 bridgehead atoms. The van der Waals surface area contributed by atoms with Crippen molar-refractivity contribution in [2.75, 3.05) is 13.2 Å². The second kappa shape index (κ2) is 13.7. The van der Waals surface area contributed by atoms with Gasteiger partial charge in [-0.1, -0.05) is 38.3 Å². The van der Waals surface area contributed by atoms with Crippen LogP contribution < -0.4 is 25.6 Å². The van der Waals surface area contributed by atoms with E-state index in [0.29, 0.717) is 28.1 Å². The summed E-state index contributed by atoms with van der Waals surface area (Å²) in [5.41, 5.74) is 6.30. The fraction of sp³-hybridized carbons (Fsp3) is 0.348. The van der Waals surface area contributed by atoms with Gasteiger partial charge in [0.15, 0.2) is 11.7 Å². The normalized spacial score (nSPS) is 10.2. The lowest BCUT2D eigenvalue weighted by Crippen LogP contribution is -2.49. The number of hydrogen-bond acceptors (Lipinski definition) is 5. The number of ether oxygens (including phenoxy) is 2. The molecule has 3 N–H and O–H groups in total. The third-order valence-corrected chi connectivity index (χ3v) is 5.18. The number of hydrazine groups is 1. The Balaban J connectivity index is 1.73. The fourth-order valence-corrected chi connectivity index (χ4v) is 3.33. The zero-order valence-electron chi connectivity index (χ0n) is 18.2. The number of hydrogen-bond donors (Lipinski definition) is 3. The summed E-state index contributed by atoms with van der Waals surface area (Å²) in [5, 5.41) is 2.47. The molecule has 0 aliphatic rings. The highest BCUT2D eigenvalue weighted by Crippen LogP contribution is 2.26. The van der Waals surface area contributed by atoms with Gasteiger partial charge in [-0.25, -0.2) is 0 Å². The van der Waals surface area contributed by atoms with E-state index in [4.69, 9.17) is 21.7 Å². The predicted octanol–water partition coefficient (Wildman–Crippen LogP) is 4.43. The van der Waals surface area contributed by atoms with Gasteiger partial charge in [0.1, 0.15) is 11.5 Å². The van der Waals surface area contributed by atoms with Gasteiger partial charge in [0.2, 0.25) is 0 Å². The van der Waals surface area contributed by atoms with E-state index in [1.165, 1.54) is 12.8 Å². The highest BCUT2D eigenvalue weighted by molar-refractivity contribution is 9.10. The lowest BCUT2D eigenvalue weighted by atomic mass is 10.2. The van der Waals surface area contributed by atoms with Gasteiger partial charge in [-0.3, -0.25) is 25.8 Å². The molecular weight excluding hydrogens is 494 g/mol. The number of nitrogens with one attached hydrogen (secondary N) is 3. The summed E-state index contributed by atoms with van der Waals surface area (Å²) in [6, 6.07) is 12.4. The van der Waals surface area contributed by atoms with Crippen molar-refractivity contribution in [3.8, 4) is 11.5 Å². The first-order chi connectivity index (χ1) is 15.4. The van der Waals surface area contributed by atoms with Crippen LogP contribution in [-0.4, -0.2) is 30.1 Å². The Bertz CT molecular complexity index is 939. The molecule has 2 aromatic rings. The highest BCUT2D eigenvalue weighted by Gasteiger charge is 2.12. The quantitative estimate of drug-likeness (QED) is 0.243. The number of unbranched alkanes of at least 4 members (excludes halogenated alkanes) is 3. The number of amides is 2. The number of carbonyl (C=O) groups excluding carboxylic acids is 2. The van der Waals surface area contributed by atoms with Crippen LogP contribution in [0.25, 0.3) is 0 Å². The van der Waals surface area contributed by atoms with E-state index in [2.05, 4.69) is 39.0 Å². The second-order valence-corrected chi connectivity index (χ2v) is 8.38. The second-order valence-electron chi connectivity index (χ2n) is 7.12. The smallest absolute Gasteiger partial charge is 0.276 e. The molecule has 0 aliphatic heterocycles. The van der Waals surface area contributed by atoms with Crippen LogP contribution in [0.4, 0.5) is 0 Å². The molecule has 2 amide bonds. The Morgan fingerprint density at radius 2 is 1.84 bits per heavy atom. The zero-order valence-corrected chi connectivity index (χ0v) is 20.6. The zero-order chi connectivity index (χ0) is 23.3. The lowest BCUT2D eigenvalue weighted by Gasteiger charge is -2.12. The molecule has 32 heavy (non-hydrogen) atoms. The van der Waals surface area contributed by atoms with E-state index >= 15 is 0 Å². The van der Waals surface area contributed by atoms with Crippen LogP contribution in [0.3, 0.4) is 0 Å². The van der Waals surface area contributed by atoms with Gasteiger partial charge >= 0.3 is 0 Å². The molecule has 2 rings (SSSR count). The van der Waals surface area contributed by atoms with Crippen molar-refractivity contribution in [2.45, 2.75) is 39.5 Å². The summed E-state index contributed by atoms with van der Waals surface area (Å²) in [5.74, 6) is 0.420. The van der Waals surface area contributed by atoms with Crippen molar-refractivity contribution in [2.24, 2.45) is 0 Å². The molecule has 0 heterocycles. The van der Waals surface area contributed by atoms with Gasteiger partial charge < -0.3 is 9.47 Å². The van der Waals surface area contributed by atoms with Crippen molar-refractivity contribution in [3.05, 3.63) is 58.1 Å². The van der Waals surface area contributed by atoms with Crippen LogP contribution in [0.15, 0.2) is 46.9 Å². The maximum atomic E-state index is 12.4. The molecule has 172 valence electrons. The Morgan fingerprint density at radius 1 is 1.03 bits per heavy atom. The number of thiocarbonyl (C=S) groups is 1. The van der Waals surface area contributed by atoms with E-state index in [-0.39, 0.29) is 11.7 Å². The molecule has 2 aromatic carbocycles. The van der Waals surface area contributed by atoms with Gasteiger partial charge in [-0.05, 0) is 77.4 Å². The van der Waals surface area contributed by atoms with Gasteiger partial charge in [-0.15, -0.1) is 0 Å². The molecule has 0 radical (unpaired) electrons. The van der Waals surface area contributed by atoms with Crippen LogP contribution in [0.2, 0.25) is 0 Å². The number of benzene rings is 2. The molecular formula is C23H28BrN3O4S. The van der Waals surface area contributed by atoms with Crippen LogP contribution in [-0.2, 0) is 4.79 Å². The molecule has 0 atom stereocenters. The SMILES string of the molecule is CCCCCCOc1ccc(C(=O)NC(=S)NNC(=O)COc2cccc(C)c2)cc1Br. The number of carbonyl (C=O) groups is 2. The highest BCUT2D eigenvalue weighted by atomic mass is 79.9. The van der Waals surface area contributed by atoms with Crippen LogP contribution in [0.1, 0.15) is 48.5 Å². The average molecular weight is 522 g/mol. The molecule has 0 unspecified atom stereocenters. The summed E-state index contributed by atoms with van der Waals surface area (Å²) in [6.45, 7) is 4.53. The summed E-state index contributed by atoms with van der Waals surface area (Å²) in [4.78, 5) is 24.3. The molecule has 0 spiro atoms. The molecule has 0 saturated carbocycles. The number of rotatable bonds is 10. The topological polar surface area (TPSA) is 88.7 Å². The monoisotopic (exact) mass is 521 g/mol. The van der Waals surface area contributed by atoms with E-state index in [0.717, 1.165) is 18.4 Å². The molecule has 0 saturated heterocycles. The Hall–Kier alpha value is -2.65. The average Bonchev–Trinajstić information content (AvgIpc) is 2.77. The third-order valence-electron chi connectivity index (χ3n) is 4.35. The van der Waals surface area contributed by atoms with Gasteiger partial charge in [0, 0.05) is 5.56 Å². The molecule has 7 nitrogen and oxygen atoms in total. The standard InChI is InChI=1S/C23H28BrN3O4S/c1-3-4-5-6-12-30-20-11-10-17(14-19(20)24)22(29)25-23(32)27-26-21(28)15-31-18-9-7-8-16(2)13-18/h7-11,13-14H,3-6,12,15H2,1-2H3,(H,26,28)(H2,25,27,29,32). The van der Waals surface area contributed by atoms with E-state index < -0.39 is 11.8 Å². The summed E-state index contributed by atoms with van der Waals surface area (Å²) < 4.78 is 11.8. The van der Waals surface area contributed by atoms with Gasteiger partial charge in [0.25, 0.3) is 11.8 Å². The maximum Gasteiger partial charge on any atom is 0.276 e. The molecule has 0 fully saturated rings. The molecule has 0 aliphatic carbocycles. The minimum atomic E-state index is -0.439. The first-order valence-corrected chi connectivity index (χ1v) is 11.6. The predicted molar refractivity (Wildman–Crippen MR) is 132 cm³/mol. The summed E-state index contributed by atoms with van der Waals surface area (Å²) in [7, 11) is 0. The molecule has 9 heteroatoms. The first-order valence-electron chi connectivity index (χ1n) is 10.4. The van der Waals surface area contributed by atoms with Gasteiger partial charge in [-0.2, -0.15) is 0 Å². The van der Waals surface area contributed by atoms with E-state index in [1.807, 2.05) is 25.1 Å². The Labute approximate surface area is 202 Å². The fourth-order valence-electron chi connectivity index (χ4n) is 2.69. The van der Waals surface area contributed by atoms with Crippen molar-refractivity contribution in [1.82, 2.24) is 16.2 Å². The van der Waals surface area contributed by atoms with Gasteiger partial charge in [0.05, 0.1) is 11.1 Å². The molecule has 0 aromatic heterocycles. The van der Waals surface area contributed by atoms with Crippen LogP contribution in [0, 0.1) is 6.92 Å². The first kappa shape index (κ1) is 25.6. The Morgan fingerprint density at radius 3 is 2.56 bits per heavy atom. The van der Waals surface area contributed by atoms with E-state index in [1.54, 1.807) is 24.3 Å². The van der Waals surface area contributed by atoms with Crippen LogP contribution >= 0.6 is 28.1 Å².